The van der Waals surface area contributed by atoms with Gasteiger partial charge in [-0.3, -0.25) is 9.36 Å². The molecule has 0 saturated heterocycles. The van der Waals surface area contributed by atoms with Gasteiger partial charge in [-0.2, -0.15) is 0 Å². The van der Waals surface area contributed by atoms with E-state index in [-0.39, 0.29) is 11.7 Å². The van der Waals surface area contributed by atoms with Crippen molar-refractivity contribution in [3.8, 4) is 0 Å². The van der Waals surface area contributed by atoms with Crippen molar-refractivity contribution in [1.29, 1.82) is 0 Å². The zero-order valence-corrected chi connectivity index (χ0v) is 15.0. The van der Waals surface area contributed by atoms with Crippen LogP contribution in [0.15, 0.2) is 45.8 Å². The lowest BCUT2D eigenvalue weighted by Gasteiger charge is -2.13. The van der Waals surface area contributed by atoms with Crippen molar-refractivity contribution in [3.05, 3.63) is 46.2 Å². The van der Waals surface area contributed by atoms with Crippen molar-refractivity contribution in [2.24, 2.45) is 0 Å². The molecule has 23 heavy (non-hydrogen) atoms. The molecule has 0 atom stereocenters. The molecule has 0 unspecified atom stereocenters. The second kappa shape index (κ2) is 8.52. The minimum atomic E-state index is -0.0252. The van der Waals surface area contributed by atoms with E-state index in [9.17, 15) is 4.79 Å². The van der Waals surface area contributed by atoms with Gasteiger partial charge >= 0.3 is 0 Å². The molecule has 4 nitrogen and oxygen atoms in total. The highest BCUT2D eigenvalue weighted by atomic mass is 35.5. The van der Waals surface area contributed by atoms with Crippen LogP contribution in [0.5, 0.6) is 0 Å². The van der Waals surface area contributed by atoms with Gasteiger partial charge in [0.25, 0.3) is 5.56 Å². The first-order valence-electron chi connectivity index (χ1n) is 7.56. The molecule has 0 aliphatic carbocycles. The van der Waals surface area contributed by atoms with E-state index in [1.165, 1.54) is 11.8 Å². The summed E-state index contributed by atoms with van der Waals surface area (Å²) >= 11 is 7.28. The Morgan fingerprint density at radius 3 is 2.87 bits per heavy atom. The van der Waals surface area contributed by atoms with E-state index in [1.807, 2.05) is 32.0 Å². The van der Waals surface area contributed by atoms with Crippen molar-refractivity contribution < 1.29 is 4.74 Å². The molecule has 0 saturated carbocycles. The maximum absolute atomic E-state index is 12.7. The summed E-state index contributed by atoms with van der Waals surface area (Å²) in [5, 5.41) is 1.83. The molecule has 0 amide bonds. The van der Waals surface area contributed by atoms with Crippen LogP contribution in [0, 0.1) is 0 Å². The van der Waals surface area contributed by atoms with E-state index in [1.54, 1.807) is 10.6 Å². The summed E-state index contributed by atoms with van der Waals surface area (Å²) in [5.41, 5.74) is 0.678. The van der Waals surface area contributed by atoms with Gasteiger partial charge in [-0.15, -0.1) is 0 Å². The molecular weight excluding hydrogens is 332 g/mol. The molecule has 1 aromatic heterocycles. The summed E-state index contributed by atoms with van der Waals surface area (Å²) in [7, 11) is 0. The monoisotopic (exact) mass is 352 g/mol. The van der Waals surface area contributed by atoms with E-state index in [2.05, 4.69) is 11.6 Å². The fourth-order valence-electron chi connectivity index (χ4n) is 2.14. The molecule has 1 heterocycles. The Balaban J connectivity index is 2.29. The maximum Gasteiger partial charge on any atom is 0.262 e. The number of para-hydroxylation sites is 1. The summed E-state index contributed by atoms with van der Waals surface area (Å²) in [6.45, 7) is 8.87. The van der Waals surface area contributed by atoms with Crippen LogP contribution in [0.1, 0.15) is 20.3 Å². The van der Waals surface area contributed by atoms with Crippen molar-refractivity contribution in [2.75, 3.05) is 12.4 Å². The largest absolute Gasteiger partial charge is 0.379 e. The van der Waals surface area contributed by atoms with Crippen LogP contribution in [-0.4, -0.2) is 28.0 Å². The summed E-state index contributed by atoms with van der Waals surface area (Å²) in [4.78, 5) is 17.3. The van der Waals surface area contributed by atoms with Gasteiger partial charge in [0.15, 0.2) is 5.16 Å². The maximum atomic E-state index is 12.7. The first-order chi connectivity index (χ1) is 11.0. The quantitative estimate of drug-likeness (QED) is 0.408. The van der Waals surface area contributed by atoms with Gasteiger partial charge in [-0.25, -0.2) is 4.98 Å². The lowest BCUT2D eigenvalue weighted by atomic mass is 10.2. The fourth-order valence-corrected chi connectivity index (χ4v) is 3.08. The van der Waals surface area contributed by atoms with Crippen LogP contribution in [-0.2, 0) is 11.3 Å². The topological polar surface area (TPSA) is 44.1 Å². The molecule has 1 aromatic carbocycles. The second-order valence-electron chi connectivity index (χ2n) is 5.45. The number of hydrogen-bond donors (Lipinski definition) is 0. The molecule has 6 heteroatoms. The van der Waals surface area contributed by atoms with Crippen LogP contribution in [0.25, 0.3) is 10.9 Å². The van der Waals surface area contributed by atoms with Crippen molar-refractivity contribution in [2.45, 2.75) is 38.1 Å². The van der Waals surface area contributed by atoms with Crippen LogP contribution >= 0.6 is 23.4 Å². The van der Waals surface area contributed by atoms with E-state index >= 15 is 0 Å². The third-order valence-corrected chi connectivity index (χ3v) is 4.52. The zero-order chi connectivity index (χ0) is 16.8. The molecule has 0 bridgehead atoms. The number of aromatic nitrogens is 2. The van der Waals surface area contributed by atoms with E-state index in [0.717, 1.165) is 6.42 Å². The van der Waals surface area contributed by atoms with Crippen molar-refractivity contribution >= 4 is 34.3 Å². The lowest BCUT2D eigenvalue weighted by Crippen LogP contribution is -2.24. The summed E-state index contributed by atoms with van der Waals surface area (Å²) in [5.74, 6) is 0.523. The Morgan fingerprint density at radius 1 is 1.43 bits per heavy atom. The number of fused-ring (bicyclic) bond motifs is 1. The van der Waals surface area contributed by atoms with Gasteiger partial charge in [-0.1, -0.05) is 42.1 Å². The predicted molar refractivity (Wildman–Crippen MR) is 97.4 cm³/mol. The molecule has 0 spiro atoms. The first kappa shape index (κ1) is 18.0. The average molecular weight is 353 g/mol. The highest BCUT2D eigenvalue weighted by Crippen LogP contribution is 2.21. The van der Waals surface area contributed by atoms with Crippen LogP contribution in [0.2, 0.25) is 0 Å². The van der Waals surface area contributed by atoms with Gasteiger partial charge in [0.2, 0.25) is 0 Å². The standard InChI is InChI=1S/C17H21ClN2O2S/c1-12(2)22-10-6-9-20-16(21)14-7-4-5-8-15(14)19-17(20)23-11-13(3)18/h4-5,7-8,12H,3,6,9-11H2,1-2H3. The van der Waals surface area contributed by atoms with Crippen LogP contribution in [0.3, 0.4) is 0 Å². The van der Waals surface area contributed by atoms with Crippen LogP contribution < -0.4 is 5.56 Å². The highest BCUT2D eigenvalue weighted by Gasteiger charge is 2.11. The van der Waals surface area contributed by atoms with Gasteiger partial charge in [0.05, 0.1) is 17.0 Å². The fraction of sp³-hybridized carbons (Fsp3) is 0.412. The Hall–Kier alpha value is -1.30. The average Bonchev–Trinajstić information content (AvgIpc) is 2.51. The predicted octanol–water partition coefficient (Wildman–Crippen LogP) is 4.06. The normalized spacial score (nSPS) is 11.3. The molecule has 0 N–H and O–H groups in total. The third-order valence-electron chi connectivity index (χ3n) is 3.16. The number of ether oxygens (including phenoxy) is 1. The number of hydrogen-bond acceptors (Lipinski definition) is 4. The Labute approximate surface area is 145 Å². The Bertz CT molecular complexity index is 743. The minimum absolute atomic E-state index is 0.0252. The molecule has 124 valence electrons. The summed E-state index contributed by atoms with van der Waals surface area (Å²) in [6, 6.07) is 7.39. The number of benzene rings is 1. The third kappa shape index (κ3) is 5.09. The lowest BCUT2D eigenvalue weighted by molar-refractivity contribution is 0.0743. The summed E-state index contributed by atoms with van der Waals surface area (Å²) < 4.78 is 7.26. The smallest absolute Gasteiger partial charge is 0.262 e. The van der Waals surface area contributed by atoms with Crippen molar-refractivity contribution in [3.63, 3.8) is 0 Å². The Morgan fingerprint density at radius 2 is 2.17 bits per heavy atom. The molecule has 2 rings (SSSR count). The van der Waals surface area contributed by atoms with Gasteiger partial charge in [0.1, 0.15) is 0 Å². The van der Waals surface area contributed by atoms with E-state index < -0.39 is 0 Å². The second-order valence-corrected chi connectivity index (χ2v) is 6.92. The highest BCUT2D eigenvalue weighted by molar-refractivity contribution is 7.99. The Kier molecular flexibility index (Phi) is 6.69. The van der Waals surface area contributed by atoms with Crippen molar-refractivity contribution in [1.82, 2.24) is 9.55 Å². The van der Waals surface area contributed by atoms with Gasteiger partial charge in [-0.05, 0) is 32.4 Å². The molecule has 0 radical (unpaired) electrons. The summed E-state index contributed by atoms with van der Waals surface area (Å²) in [6.07, 6.45) is 0.947. The van der Waals surface area contributed by atoms with E-state index in [0.29, 0.717) is 40.0 Å². The molecule has 2 aromatic rings. The number of thioether (sulfide) groups is 1. The SMILES string of the molecule is C=C(Cl)CSc1nc2ccccc2c(=O)n1CCCOC(C)C. The number of rotatable bonds is 8. The number of nitrogens with zero attached hydrogens (tertiary/aromatic N) is 2. The van der Waals surface area contributed by atoms with Crippen LogP contribution in [0.4, 0.5) is 0 Å². The molecule has 0 aliphatic heterocycles. The first-order valence-corrected chi connectivity index (χ1v) is 8.92. The molecule has 0 fully saturated rings. The van der Waals surface area contributed by atoms with Gasteiger partial charge < -0.3 is 4.74 Å². The number of halogens is 1. The van der Waals surface area contributed by atoms with E-state index in [4.69, 9.17) is 16.3 Å². The minimum Gasteiger partial charge on any atom is -0.379 e. The zero-order valence-electron chi connectivity index (χ0n) is 13.4. The molecular formula is C17H21ClN2O2S. The van der Waals surface area contributed by atoms with Gasteiger partial charge in [0, 0.05) is 23.9 Å². The molecule has 0 aliphatic rings.